The second-order valence-electron chi connectivity index (χ2n) is 3.11. The van der Waals surface area contributed by atoms with E-state index < -0.39 is 5.97 Å². The van der Waals surface area contributed by atoms with Crippen LogP contribution in [0.15, 0.2) is 42.0 Å². The van der Waals surface area contributed by atoms with Gasteiger partial charge in [0.1, 0.15) is 0 Å². The van der Waals surface area contributed by atoms with Gasteiger partial charge in [0, 0.05) is 11.1 Å². The summed E-state index contributed by atoms with van der Waals surface area (Å²) in [6, 6.07) is 7.31. The summed E-state index contributed by atoms with van der Waals surface area (Å²) in [5.41, 5.74) is 1.68. The minimum Gasteiger partial charge on any atom is -0.478 e. The molecule has 0 fully saturated rings. The van der Waals surface area contributed by atoms with E-state index >= 15 is 0 Å². The highest BCUT2D eigenvalue weighted by Crippen LogP contribution is 2.11. The first kappa shape index (κ1) is 11.5. The van der Waals surface area contributed by atoms with Crippen molar-refractivity contribution in [2.45, 2.75) is 6.92 Å². The Kier molecular flexibility index (Phi) is 4.13. The van der Waals surface area contributed by atoms with Crippen molar-refractivity contribution in [2.24, 2.45) is 0 Å². The smallest absolute Gasteiger partial charge is 0.328 e. The number of carboxylic acid groups (broad SMARTS) is 1. The molecule has 1 N–H and O–H groups in total. The van der Waals surface area contributed by atoms with Crippen LogP contribution in [0, 0.1) is 0 Å². The van der Waals surface area contributed by atoms with Gasteiger partial charge in [-0.3, -0.25) is 0 Å². The van der Waals surface area contributed by atoms with Crippen LogP contribution in [0.5, 0.6) is 0 Å². The molecular weight excluding hydrogens is 212 g/mol. The number of carboxylic acids is 1. The van der Waals surface area contributed by atoms with Crippen LogP contribution < -0.4 is 0 Å². The van der Waals surface area contributed by atoms with Crippen molar-refractivity contribution in [3.05, 3.63) is 52.6 Å². The van der Waals surface area contributed by atoms with E-state index in [9.17, 15) is 4.79 Å². The molecule has 3 heteroatoms. The third-order valence-electron chi connectivity index (χ3n) is 1.76. The summed E-state index contributed by atoms with van der Waals surface area (Å²) in [4.78, 5) is 10.3. The Morgan fingerprint density at radius 2 is 1.93 bits per heavy atom. The molecule has 0 bridgehead atoms. The molecule has 0 aliphatic heterocycles. The largest absolute Gasteiger partial charge is 0.478 e. The van der Waals surface area contributed by atoms with Crippen molar-refractivity contribution in [2.75, 3.05) is 0 Å². The van der Waals surface area contributed by atoms with E-state index in [-0.39, 0.29) is 0 Å². The Labute approximate surface area is 93.5 Å². The van der Waals surface area contributed by atoms with Crippen molar-refractivity contribution >= 4 is 23.6 Å². The van der Waals surface area contributed by atoms with Crippen LogP contribution in [-0.4, -0.2) is 11.1 Å². The highest BCUT2D eigenvalue weighted by molar-refractivity contribution is 6.30. The Balaban J connectivity index is 2.73. The minimum absolute atomic E-state index is 0.685. The molecule has 0 atom stereocenters. The second-order valence-corrected chi connectivity index (χ2v) is 3.55. The minimum atomic E-state index is -0.937. The quantitative estimate of drug-likeness (QED) is 0.629. The summed E-state index contributed by atoms with van der Waals surface area (Å²) < 4.78 is 0. The van der Waals surface area contributed by atoms with Crippen LogP contribution in [0.25, 0.3) is 6.08 Å². The first-order valence-electron chi connectivity index (χ1n) is 4.43. The van der Waals surface area contributed by atoms with Crippen LogP contribution in [0.2, 0.25) is 5.02 Å². The van der Waals surface area contributed by atoms with Crippen LogP contribution in [0.3, 0.4) is 0 Å². The van der Waals surface area contributed by atoms with Crippen molar-refractivity contribution < 1.29 is 9.90 Å². The predicted molar refractivity (Wildman–Crippen MR) is 61.9 cm³/mol. The standard InChI is InChI=1S/C12H11ClO2/c1-9(8-12(14)15)2-3-10-4-6-11(13)7-5-10/h2-8H,1H3,(H,14,15)/b3-2+,9-8-. The number of hydrogen-bond acceptors (Lipinski definition) is 1. The van der Waals surface area contributed by atoms with Gasteiger partial charge in [-0.25, -0.2) is 4.79 Å². The van der Waals surface area contributed by atoms with Gasteiger partial charge in [0.25, 0.3) is 0 Å². The van der Waals surface area contributed by atoms with E-state index in [0.717, 1.165) is 11.6 Å². The second kappa shape index (κ2) is 5.37. The molecule has 0 amide bonds. The van der Waals surface area contributed by atoms with Gasteiger partial charge in [-0.15, -0.1) is 0 Å². The maximum Gasteiger partial charge on any atom is 0.328 e. The van der Waals surface area contributed by atoms with Crippen molar-refractivity contribution in [1.29, 1.82) is 0 Å². The highest BCUT2D eigenvalue weighted by Gasteiger charge is 1.90. The molecule has 1 aromatic rings. The summed E-state index contributed by atoms with van der Waals surface area (Å²) in [6.45, 7) is 1.74. The number of benzene rings is 1. The van der Waals surface area contributed by atoms with Gasteiger partial charge in [0.15, 0.2) is 0 Å². The summed E-state index contributed by atoms with van der Waals surface area (Å²) in [5.74, 6) is -0.937. The molecule has 0 unspecified atom stereocenters. The molecule has 1 rings (SSSR count). The molecule has 0 saturated carbocycles. The monoisotopic (exact) mass is 222 g/mol. The molecule has 0 heterocycles. The van der Waals surface area contributed by atoms with Crippen LogP contribution in [-0.2, 0) is 4.79 Å². The van der Waals surface area contributed by atoms with E-state index in [2.05, 4.69) is 0 Å². The zero-order valence-electron chi connectivity index (χ0n) is 8.27. The molecule has 1 aromatic carbocycles. The molecule has 0 spiro atoms. The average molecular weight is 223 g/mol. The van der Waals surface area contributed by atoms with E-state index in [1.807, 2.05) is 18.2 Å². The van der Waals surface area contributed by atoms with Crippen molar-refractivity contribution in [1.82, 2.24) is 0 Å². The van der Waals surface area contributed by atoms with E-state index in [1.54, 1.807) is 25.1 Å². The van der Waals surface area contributed by atoms with Crippen molar-refractivity contribution in [3.8, 4) is 0 Å². The Bertz CT molecular complexity index is 402. The van der Waals surface area contributed by atoms with Gasteiger partial charge in [0.05, 0.1) is 0 Å². The summed E-state index contributed by atoms with van der Waals surface area (Å²) in [5, 5.41) is 9.17. The summed E-state index contributed by atoms with van der Waals surface area (Å²) >= 11 is 5.73. The van der Waals surface area contributed by atoms with Gasteiger partial charge in [-0.2, -0.15) is 0 Å². The van der Waals surface area contributed by atoms with Gasteiger partial charge >= 0.3 is 5.97 Å². The Morgan fingerprint density at radius 3 is 2.47 bits per heavy atom. The number of aliphatic carboxylic acids is 1. The molecule has 0 saturated heterocycles. The molecule has 0 aliphatic rings. The fourth-order valence-corrected chi connectivity index (χ4v) is 1.17. The third-order valence-corrected chi connectivity index (χ3v) is 2.01. The Hall–Kier alpha value is -1.54. The lowest BCUT2D eigenvalue weighted by molar-refractivity contribution is -0.131. The number of rotatable bonds is 3. The summed E-state index contributed by atoms with van der Waals surface area (Å²) in [7, 11) is 0. The Morgan fingerprint density at radius 1 is 1.33 bits per heavy atom. The van der Waals surface area contributed by atoms with Gasteiger partial charge in [0.2, 0.25) is 0 Å². The van der Waals surface area contributed by atoms with Crippen LogP contribution in [0.1, 0.15) is 12.5 Å². The molecule has 2 nitrogen and oxygen atoms in total. The van der Waals surface area contributed by atoms with Crippen LogP contribution >= 0.6 is 11.6 Å². The third kappa shape index (κ3) is 4.47. The summed E-state index contributed by atoms with van der Waals surface area (Å²) in [6.07, 6.45) is 4.74. The zero-order valence-corrected chi connectivity index (χ0v) is 9.03. The fourth-order valence-electron chi connectivity index (χ4n) is 1.04. The molecule has 78 valence electrons. The number of allylic oxidation sites excluding steroid dienone is 2. The maximum absolute atomic E-state index is 10.3. The highest BCUT2D eigenvalue weighted by atomic mass is 35.5. The number of hydrogen-bond donors (Lipinski definition) is 1. The fraction of sp³-hybridized carbons (Fsp3) is 0.0833. The topological polar surface area (TPSA) is 37.3 Å². The van der Waals surface area contributed by atoms with Crippen molar-refractivity contribution in [3.63, 3.8) is 0 Å². The van der Waals surface area contributed by atoms with Gasteiger partial charge in [-0.05, 0) is 30.2 Å². The predicted octanol–water partition coefficient (Wildman–Crippen LogP) is 3.38. The van der Waals surface area contributed by atoms with E-state index in [1.165, 1.54) is 0 Å². The molecular formula is C12H11ClO2. The van der Waals surface area contributed by atoms with E-state index in [0.29, 0.717) is 10.6 Å². The number of carbonyl (C=O) groups is 1. The van der Waals surface area contributed by atoms with Gasteiger partial charge < -0.3 is 5.11 Å². The van der Waals surface area contributed by atoms with Crippen LogP contribution in [0.4, 0.5) is 0 Å². The molecule has 0 aromatic heterocycles. The normalized spacial score (nSPS) is 12.0. The lowest BCUT2D eigenvalue weighted by atomic mass is 10.1. The first-order chi connectivity index (χ1) is 7.08. The average Bonchev–Trinajstić information content (AvgIpc) is 2.16. The first-order valence-corrected chi connectivity index (χ1v) is 4.80. The number of halogens is 1. The SMILES string of the molecule is CC(=C/C(=O)O)/C=C/c1ccc(Cl)cc1. The maximum atomic E-state index is 10.3. The lowest BCUT2D eigenvalue weighted by Gasteiger charge is -1.93. The lowest BCUT2D eigenvalue weighted by Crippen LogP contribution is -1.87. The molecule has 15 heavy (non-hydrogen) atoms. The zero-order chi connectivity index (χ0) is 11.3. The van der Waals surface area contributed by atoms with E-state index in [4.69, 9.17) is 16.7 Å². The van der Waals surface area contributed by atoms with Gasteiger partial charge in [-0.1, -0.05) is 35.9 Å². The molecule has 0 aliphatic carbocycles. The molecule has 0 radical (unpaired) electrons.